The zero-order valence-corrected chi connectivity index (χ0v) is 29.7. The van der Waals surface area contributed by atoms with E-state index in [0.717, 1.165) is 22.3 Å². The van der Waals surface area contributed by atoms with Crippen LogP contribution in [0.25, 0.3) is 0 Å². The first kappa shape index (κ1) is 34.2. The first-order valence-electron chi connectivity index (χ1n) is 14.9. The van der Waals surface area contributed by atoms with Gasteiger partial charge in [-0.25, -0.2) is 9.13 Å². The van der Waals surface area contributed by atoms with E-state index in [2.05, 4.69) is 95.2 Å². The molecule has 2 aromatic rings. The molecule has 2 aliphatic rings. The normalized spacial score (nSPS) is 27.3. The third kappa shape index (κ3) is 7.95. The van der Waals surface area contributed by atoms with E-state index in [1.165, 1.54) is 0 Å². The summed E-state index contributed by atoms with van der Waals surface area (Å²) in [6.45, 7) is 25.3. The van der Waals surface area contributed by atoms with Crippen LogP contribution in [0.2, 0.25) is 0 Å². The summed E-state index contributed by atoms with van der Waals surface area (Å²) in [7, 11) is -7.85. The monoisotopic (exact) mass is 636 g/mol. The van der Waals surface area contributed by atoms with Crippen LogP contribution in [0.5, 0.6) is 11.5 Å². The van der Waals surface area contributed by atoms with E-state index >= 15 is 0 Å². The molecular weight excluding hydrogens is 586 g/mol. The van der Waals surface area contributed by atoms with Gasteiger partial charge in [0.25, 0.3) is 0 Å². The Labute approximate surface area is 258 Å². The van der Waals surface area contributed by atoms with Crippen LogP contribution in [0.4, 0.5) is 0 Å². The summed E-state index contributed by atoms with van der Waals surface area (Å²) in [6, 6.07) is 11.8. The third-order valence-electron chi connectivity index (χ3n) is 7.84. The zero-order chi connectivity index (χ0) is 32.3. The number of phosphoric ester groups is 2. The van der Waals surface area contributed by atoms with Gasteiger partial charge in [-0.3, -0.25) is 18.1 Å². The Morgan fingerprint density at radius 2 is 0.837 bits per heavy atom. The number of benzene rings is 2. The lowest BCUT2D eigenvalue weighted by atomic mass is 9.80. The molecule has 2 saturated heterocycles. The second kappa shape index (κ2) is 11.3. The summed E-state index contributed by atoms with van der Waals surface area (Å²) in [5.74, 6) is 0.918. The van der Waals surface area contributed by atoms with E-state index in [1.807, 2.05) is 24.3 Å². The van der Waals surface area contributed by atoms with Gasteiger partial charge in [-0.05, 0) is 44.9 Å². The van der Waals surface area contributed by atoms with Crippen molar-refractivity contribution in [1.29, 1.82) is 0 Å². The van der Waals surface area contributed by atoms with E-state index in [4.69, 9.17) is 27.1 Å². The number of hydrogen-bond donors (Lipinski definition) is 0. The molecule has 0 bridgehead atoms. The van der Waals surface area contributed by atoms with Crippen molar-refractivity contribution in [2.45, 2.75) is 105 Å². The zero-order valence-electron chi connectivity index (χ0n) is 28.0. The SMILES string of the molecule is CC(C)(C)c1ccc(OP2(=O)OCC3(CO2)COP(=O)(Oc2ccc(C(C)(C)C)cc2C(C)(C)C)OC3)c(C(C)(C)C)c1. The van der Waals surface area contributed by atoms with Gasteiger partial charge in [0.05, 0.1) is 31.8 Å². The Balaban J connectivity index is 1.45. The number of phosphoric acid groups is 2. The molecule has 0 amide bonds. The Morgan fingerprint density at radius 3 is 1.09 bits per heavy atom. The molecule has 0 aromatic heterocycles. The highest BCUT2D eigenvalue weighted by molar-refractivity contribution is 7.49. The fourth-order valence-electron chi connectivity index (χ4n) is 4.86. The van der Waals surface area contributed by atoms with E-state index in [-0.39, 0.29) is 48.1 Å². The van der Waals surface area contributed by atoms with Crippen molar-refractivity contribution in [3.8, 4) is 11.5 Å². The maximum absolute atomic E-state index is 13.6. The van der Waals surface area contributed by atoms with Gasteiger partial charge >= 0.3 is 15.6 Å². The first-order valence-corrected chi connectivity index (χ1v) is 17.8. The molecule has 4 rings (SSSR count). The molecule has 2 aromatic carbocycles. The minimum atomic E-state index is -3.92. The van der Waals surface area contributed by atoms with Crippen molar-refractivity contribution >= 4 is 15.6 Å². The Kier molecular flexibility index (Phi) is 8.99. The van der Waals surface area contributed by atoms with Crippen LogP contribution in [0.15, 0.2) is 36.4 Å². The minimum Gasteiger partial charge on any atom is -0.404 e. The molecule has 0 atom stereocenters. The highest BCUT2D eigenvalue weighted by Gasteiger charge is 2.51. The summed E-state index contributed by atoms with van der Waals surface area (Å²) in [5, 5.41) is 0. The molecule has 2 aliphatic heterocycles. The maximum Gasteiger partial charge on any atom is 0.530 e. The van der Waals surface area contributed by atoms with Gasteiger partial charge in [-0.1, -0.05) is 107 Å². The number of rotatable bonds is 4. The van der Waals surface area contributed by atoms with Crippen molar-refractivity contribution in [3.63, 3.8) is 0 Å². The molecule has 8 nitrogen and oxygen atoms in total. The molecule has 0 aliphatic carbocycles. The molecule has 2 fully saturated rings. The molecule has 240 valence electrons. The van der Waals surface area contributed by atoms with Crippen molar-refractivity contribution in [3.05, 3.63) is 58.7 Å². The summed E-state index contributed by atoms with van der Waals surface area (Å²) in [4.78, 5) is 0. The second-order valence-corrected chi connectivity index (χ2v) is 19.3. The second-order valence-electron chi connectivity index (χ2n) is 16.1. The lowest BCUT2D eigenvalue weighted by molar-refractivity contribution is -0.0854. The summed E-state index contributed by atoms with van der Waals surface area (Å²) >= 11 is 0. The van der Waals surface area contributed by atoms with Gasteiger partial charge in [-0.2, -0.15) is 0 Å². The summed E-state index contributed by atoms with van der Waals surface area (Å²) < 4.78 is 62.0. The lowest BCUT2D eigenvalue weighted by Gasteiger charge is -2.41. The highest BCUT2D eigenvalue weighted by atomic mass is 31.2. The van der Waals surface area contributed by atoms with Crippen LogP contribution >= 0.6 is 15.6 Å². The van der Waals surface area contributed by atoms with E-state index in [9.17, 15) is 9.13 Å². The van der Waals surface area contributed by atoms with Crippen molar-refractivity contribution in [2.75, 3.05) is 26.4 Å². The van der Waals surface area contributed by atoms with Gasteiger partial charge in [0, 0.05) is 11.1 Å². The predicted molar refractivity (Wildman–Crippen MR) is 170 cm³/mol. The largest absolute Gasteiger partial charge is 0.530 e. The van der Waals surface area contributed by atoms with Gasteiger partial charge in [0.15, 0.2) is 0 Å². The molecule has 0 N–H and O–H groups in total. The Morgan fingerprint density at radius 1 is 0.535 bits per heavy atom. The van der Waals surface area contributed by atoms with Crippen LogP contribution in [-0.4, -0.2) is 26.4 Å². The molecule has 43 heavy (non-hydrogen) atoms. The van der Waals surface area contributed by atoms with E-state index in [1.54, 1.807) is 0 Å². The Hall–Kier alpha value is -1.66. The topological polar surface area (TPSA) is 89.5 Å². The van der Waals surface area contributed by atoms with Crippen LogP contribution < -0.4 is 9.05 Å². The minimum absolute atomic E-state index is 0.0112. The molecule has 0 radical (unpaired) electrons. The standard InChI is InChI=1S/C33H50O8P2/c1-29(2,3)23-13-15-27(25(17-23)31(7,8)9)40-42(34)36-19-33(20-37-42)21-38-43(35,39-22-33)41-28-16-14-24(30(4,5)6)18-26(28)32(10,11)12/h13-18H,19-22H2,1-12H3. The van der Waals surface area contributed by atoms with Gasteiger partial charge in [0.2, 0.25) is 0 Å². The lowest BCUT2D eigenvalue weighted by Crippen LogP contribution is -2.46. The maximum atomic E-state index is 13.6. The van der Waals surface area contributed by atoms with Crippen LogP contribution in [0.3, 0.4) is 0 Å². The molecule has 0 saturated carbocycles. The van der Waals surface area contributed by atoms with Crippen molar-refractivity contribution in [1.82, 2.24) is 0 Å². The van der Waals surface area contributed by atoms with Crippen molar-refractivity contribution in [2.24, 2.45) is 5.41 Å². The molecule has 10 heteroatoms. The van der Waals surface area contributed by atoms with Crippen LogP contribution in [0, 0.1) is 5.41 Å². The quantitative estimate of drug-likeness (QED) is 0.307. The van der Waals surface area contributed by atoms with E-state index in [0.29, 0.717) is 11.5 Å². The van der Waals surface area contributed by atoms with Gasteiger partial charge in [-0.15, -0.1) is 0 Å². The van der Waals surface area contributed by atoms with Crippen molar-refractivity contribution < 1.29 is 36.3 Å². The van der Waals surface area contributed by atoms with E-state index < -0.39 is 21.1 Å². The Bertz CT molecular complexity index is 1300. The van der Waals surface area contributed by atoms with Gasteiger partial charge < -0.3 is 9.05 Å². The van der Waals surface area contributed by atoms with Crippen LogP contribution in [-0.2, 0) is 48.9 Å². The number of hydrogen-bond acceptors (Lipinski definition) is 8. The fraction of sp³-hybridized carbons (Fsp3) is 0.636. The van der Waals surface area contributed by atoms with Gasteiger partial charge in [0.1, 0.15) is 11.5 Å². The molecule has 2 heterocycles. The average Bonchev–Trinajstić information content (AvgIpc) is 2.86. The molecular formula is C33H50O8P2. The predicted octanol–water partition coefficient (Wildman–Crippen LogP) is 9.63. The molecule has 1 spiro atoms. The fourth-order valence-corrected chi connectivity index (χ4v) is 7.75. The molecule has 0 unspecified atom stereocenters. The summed E-state index contributed by atoms with van der Waals surface area (Å²) in [5.41, 5.74) is 2.68. The summed E-state index contributed by atoms with van der Waals surface area (Å²) in [6.07, 6.45) is 0. The smallest absolute Gasteiger partial charge is 0.404 e. The third-order valence-corrected chi connectivity index (χ3v) is 10.5. The van der Waals surface area contributed by atoms with Crippen LogP contribution in [0.1, 0.15) is 105 Å². The average molecular weight is 637 g/mol. The highest BCUT2D eigenvalue weighted by Crippen LogP contribution is 2.60. The first-order chi connectivity index (χ1) is 19.4.